The van der Waals surface area contributed by atoms with Gasteiger partial charge in [0.25, 0.3) is 11.8 Å². The van der Waals surface area contributed by atoms with Gasteiger partial charge in [-0.2, -0.15) is 0 Å². The molecule has 0 N–H and O–H groups in total. The first-order valence-electron chi connectivity index (χ1n) is 9.95. The number of amides is 2. The number of likely N-dealkylation sites (tertiary alicyclic amines) is 2. The molecule has 6 nitrogen and oxygen atoms in total. The Morgan fingerprint density at radius 3 is 2.41 bits per heavy atom. The summed E-state index contributed by atoms with van der Waals surface area (Å²) in [5.74, 6) is 0.436. The van der Waals surface area contributed by atoms with Gasteiger partial charge < -0.3 is 14.2 Å². The van der Waals surface area contributed by atoms with Crippen LogP contribution in [0.5, 0.6) is 0 Å². The Kier molecular flexibility index (Phi) is 5.58. The number of hydrogen-bond acceptors (Lipinski definition) is 4. The number of rotatable bonds is 3. The second kappa shape index (κ2) is 8.14. The van der Waals surface area contributed by atoms with Crippen LogP contribution in [0.3, 0.4) is 0 Å². The summed E-state index contributed by atoms with van der Waals surface area (Å²) < 4.78 is 19.1. The number of oxazole rings is 1. The molecule has 0 spiro atoms. The van der Waals surface area contributed by atoms with Gasteiger partial charge in [0.2, 0.25) is 0 Å². The van der Waals surface area contributed by atoms with Crippen molar-refractivity contribution in [1.29, 1.82) is 0 Å². The van der Waals surface area contributed by atoms with Gasteiger partial charge >= 0.3 is 0 Å². The summed E-state index contributed by atoms with van der Waals surface area (Å²) in [6, 6.07) is 3.80. The average molecular weight is 420 g/mol. The molecule has 0 radical (unpaired) electrons. The average Bonchev–Trinajstić information content (AvgIpc) is 3.37. The lowest BCUT2D eigenvalue weighted by Gasteiger charge is -2.31. The lowest BCUT2D eigenvalue weighted by Crippen LogP contribution is -2.38. The van der Waals surface area contributed by atoms with E-state index < -0.39 is 5.82 Å². The fraction of sp³-hybridized carbons (Fsp3) is 0.476. The summed E-state index contributed by atoms with van der Waals surface area (Å²) in [7, 11) is 0. The van der Waals surface area contributed by atoms with E-state index in [-0.39, 0.29) is 22.8 Å². The summed E-state index contributed by atoms with van der Waals surface area (Å²) in [6.07, 6.45) is 3.42. The first-order valence-corrected chi connectivity index (χ1v) is 10.3. The molecule has 154 valence electrons. The number of carbonyl (C=O) groups excluding carboxylic acids is 2. The summed E-state index contributed by atoms with van der Waals surface area (Å²) >= 11 is 6.02. The van der Waals surface area contributed by atoms with E-state index in [0.29, 0.717) is 48.8 Å². The topological polar surface area (TPSA) is 66.7 Å². The zero-order chi connectivity index (χ0) is 20.5. The van der Waals surface area contributed by atoms with Gasteiger partial charge in [0.05, 0.1) is 10.6 Å². The number of benzene rings is 1. The third-order valence-corrected chi connectivity index (χ3v) is 6.01. The number of hydrogen-bond donors (Lipinski definition) is 0. The molecular weight excluding hydrogens is 397 g/mol. The van der Waals surface area contributed by atoms with Crippen molar-refractivity contribution in [1.82, 2.24) is 14.8 Å². The lowest BCUT2D eigenvalue weighted by atomic mass is 9.96. The van der Waals surface area contributed by atoms with Crippen LogP contribution in [0.25, 0.3) is 0 Å². The molecule has 0 saturated carbocycles. The minimum atomic E-state index is -0.469. The number of aromatic nitrogens is 1. The van der Waals surface area contributed by atoms with Gasteiger partial charge in [0, 0.05) is 32.1 Å². The molecule has 1 aromatic heterocycles. The molecule has 2 aliphatic rings. The van der Waals surface area contributed by atoms with E-state index in [4.69, 9.17) is 16.0 Å². The van der Waals surface area contributed by atoms with Crippen molar-refractivity contribution in [2.24, 2.45) is 0 Å². The maximum Gasteiger partial charge on any atom is 0.276 e. The highest BCUT2D eigenvalue weighted by molar-refractivity contribution is 6.33. The van der Waals surface area contributed by atoms with Crippen LogP contribution in [0.4, 0.5) is 4.39 Å². The number of piperidine rings is 1. The zero-order valence-electron chi connectivity index (χ0n) is 16.3. The van der Waals surface area contributed by atoms with Gasteiger partial charge in [-0.1, -0.05) is 11.6 Å². The minimum absolute atomic E-state index is 0.0570. The Hall–Kier alpha value is -2.41. The minimum Gasteiger partial charge on any atom is -0.445 e. The van der Waals surface area contributed by atoms with Crippen molar-refractivity contribution in [3.8, 4) is 0 Å². The standard InChI is InChI=1S/C21H23ClFN3O3/c1-13-18(21(28)25-8-2-3-9-25)24-19(29-13)14-6-10-26(11-7-14)20(27)16-5-4-15(23)12-17(16)22/h4-5,12,14H,2-3,6-11H2,1H3. The molecule has 8 heteroatoms. The molecule has 0 unspecified atom stereocenters. The van der Waals surface area contributed by atoms with Crippen molar-refractivity contribution in [3.63, 3.8) is 0 Å². The highest BCUT2D eigenvalue weighted by Gasteiger charge is 2.31. The van der Waals surface area contributed by atoms with Gasteiger partial charge in [-0.15, -0.1) is 0 Å². The summed E-state index contributed by atoms with van der Waals surface area (Å²) in [4.78, 5) is 33.4. The van der Waals surface area contributed by atoms with Crippen LogP contribution in [0, 0.1) is 12.7 Å². The molecule has 0 bridgehead atoms. The third-order valence-electron chi connectivity index (χ3n) is 5.70. The van der Waals surface area contributed by atoms with Crippen LogP contribution in [0.1, 0.15) is 64.1 Å². The summed E-state index contributed by atoms with van der Waals surface area (Å²) in [5.41, 5.74) is 0.704. The van der Waals surface area contributed by atoms with Gasteiger partial charge in [-0.3, -0.25) is 9.59 Å². The van der Waals surface area contributed by atoms with Crippen molar-refractivity contribution in [2.75, 3.05) is 26.2 Å². The smallest absolute Gasteiger partial charge is 0.276 e. The van der Waals surface area contributed by atoms with E-state index in [1.807, 2.05) is 4.90 Å². The molecule has 0 atom stereocenters. The molecule has 3 heterocycles. The molecule has 29 heavy (non-hydrogen) atoms. The lowest BCUT2D eigenvalue weighted by molar-refractivity contribution is 0.0706. The predicted molar refractivity (Wildman–Crippen MR) is 106 cm³/mol. The third kappa shape index (κ3) is 4.01. The second-order valence-electron chi connectivity index (χ2n) is 7.65. The van der Waals surface area contributed by atoms with Crippen LogP contribution >= 0.6 is 11.6 Å². The Labute approximate surface area is 173 Å². The normalized spacial score (nSPS) is 17.8. The molecule has 2 amide bonds. The number of aryl methyl sites for hydroxylation is 1. The molecular formula is C21H23ClFN3O3. The largest absolute Gasteiger partial charge is 0.445 e. The SMILES string of the molecule is Cc1oc(C2CCN(C(=O)c3ccc(F)cc3Cl)CC2)nc1C(=O)N1CCCC1. The molecule has 0 aliphatic carbocycles. The van der Waals surface area contributed by atoms with Gasteiger partial charge in [-0.05, 0) is 50.8 Å². The highest BCUT2D eigenvalue weighted by atomic mass is 35.5. The van der Waals surface area contributed by atoms with Crippen molar-refractivity contribution < 1.29 is 18.4 Å². The van der Waals surface area contributed by atoms with E-state index in [1.165, 1.54) is 12.1 Å². The van der Waals surface area contributed by atoms with Gasteiger partial charge in [-0.25, -0.2) is 9.37 Å². The maximum atomic E-state index is 13.2. The van der Waals surface area contributed by atoms with E-state index in [0.717, 1.165) is 32.0 Å². The van der Waals surface area contributed by atoms with Crippen molar-refractivity contribution in [3.05, 3.63) is 51.9 Å². The van der Waals surface area contributed by atoms with E-state index >= 15 is 0 Å². The Bertz CT molecular complexity index is 931. The first kappa shape index (κ1) is 19.9. The van der Waals surface area contributed by atoms with Crippen LogP contribution in [-0.2, 0) is 0 Å². The van der Waals surface area contributed by atoms with E-state index in [9.17, 15) is 14.0 Å². The monoisotopic (exact) mass is 419 g/mol. The fourth-order valence-electron chi connectivity index (χ4n) is 4.02. The Balaban J connectivity index is 1.41. The van der Waals surface area contributed by atoms with Crippen molar-refractivity contribution >= 4 is 23.4 Å². The Morgan fingerprint density at radius 1 is 1.10 bits per heavy atom. The van der Waals surface area contributed by atoms with Gasteiger partial charge in [0.15, 0.2) is 11.6 Å². The summed E-state index contributed by atoms with van der Waals surface area (Å²) in [5, 5.41) is 0.116. The quantitative estimate of drug-likeness (QED) is 0.753. The number of halogens is 2. The van der Waals surface area contributed by atoms with Crippen molar-refractivity contribution in [2.45, 2.75) is 38.5 Å². The molecule has 2 aliphatic heterocycles. The number of carbonyl (C=O) groups is 2. The molecule has 2 saturated heterocycles. The zero-order valence-corrected chi connectivity index (χ0v) is 17.0. The first-order chi connectivity index (χ1) is 13.9. The summed E-state index contributed by atoms with van der Waals surface area (Å²) in [6.45, 7) is 4.36. The van der Waals surface area contributed by atoms with Crippen LogP contribution in [0.15, 0.2) is 22.6 Å². The van der Waals surface area contributed by atoms with Crippen LogP contribution in [-0.4, -0.2) is 52.8 Å². The Morgan fingerprint density at radius 2 is 1.76 bits per heavy atom. The van der Waals surface area contributed by atoms with Crippen LogP contribution < -0.4 is 0 Å². The van der Waals surface area contributed by atoms with Crippen LogP contribution in [0.2, 0.25) is 5.02 Å². The van der Waals surface area contributed by atoms with E-state index in [1.54, 1.807) is 11.8 Å². The molecule has 4 rings (SSSR count). The number of nitrogens with zero attached hydrogens (tertiary/aromatic N) is 3. The second-order valence-corrected chi connectivity index (χ2v) is 8.05. The fourth-order valence-corrected chi connectivity index (χ4v) is 4.27. The highest BCUT2D eigenvalue weighted by Crippen LogP contribution is 2.31. The maximum absolute atomic E-state index is 13.2. The van der Waals surface area contributed by atoms with E-state index in [2.05, 4.69) is 4.98 Å². The molecule has 1 aromatic carbocycles. The predicted octanol–water partition coefficient (Wildman–Crippen LogP) is 4.03. The molecule has 2 aromatic rings. The molecule has 2 fully saturated rings. The van der Waals surface area contributed by atoms with Gasteiger partial charge in [0.1, 0.15) is 11.6 Å².